The normalized spacial score (nSPS) is 19.6. The number of nitrogens with one attached hydrogen (secondary N) is 1. The summed E-state index contributed by atoms with van der Waals surface area (Å²) in [6.07, 6.45) is 4.33. The topological polar surface area (TPSA) is 52.6 Å². The van der Waals surface area contributed by atoms with Crippen LogP contribution in [-0.4, -0.2) is 47.3 Å². The van der Waals surface area contributed by atoms with Crippen LogP contribution >= 0.6 is 11.6 Å². The molecule has 1 saturated heterocycles. The molecule has 1 heterocycles. The van der Waals surface area contributed by atoms with Crippen LogP contribution in [0, 0.1) is 18.7 Å². The van der Waals surface area contributed by atoms with Gasteiger partial charge in [-0.15, -0.1) is 0 Å². The van der Waals surface area contributed by atoms with E-state index in [-0.39, 0.29) is 23.7 Å². The van der Waals surface area contributed by atoms with Gasteiger partial charge in [-0.05, 0) is 74.2 Å². The molecule has 2 aromatic carbocycles. The van der Waals surface area contributed by atoms with Crippen molar-refractivity contribution in [1.82, 2.24) is 9.80 Å². The van der Waals surface area contributed by atoms with E-state index in [1.165, 1.54) is 12.1 Å². The van der Waals surface area contributed by atoms with E-state index in [1.807, 2.05) is 11.8 Å². The van der Waals surface area contributed by atoms with Gasteiger partial charge in [0.15, 0.2) is 0 Å². The molecule has 0 spiro atoms. The SMILES string of the molecule is Cc1c(CN2CCN(C(=O)C3CCCC3)[C@@H](C)C2)cc(F)cc1NC(=O)c1ccc(Cl)cc1. The molecule has 2 aliphatic rings. The van der Waals surface area contributed by atoms with Crippen molar-refractivity contribution in [2.75, 3.05) is 25.0 Å². The molecule has 1 N–H and O–H groups in total. The number of rotatable bonds is 5. The molecule has 33 heavy (non-hydrogen) atoms. The van der Waals surface area contributed by atoms with E-state index in [9.17, 15) is 14.0 Å². The Labute approximate surface area is 199 Å². The Morgan fingerprint density at radius 1 is 1.12 bits per heavy atom. The minimum absolute atomic E-state index is 0.129. The molecule has 0 bridgehead atoms. The van der Waals surface area contributed by atoms with Gasteiger partial charge in [0.25, 0.3) is 5.91 Å². The highest BCUT2D eigenvalue weighted by atomic mass is 35.5. The molecule has 7 heteroatoms. The molecule has 176 valence electrons. The molecule has 2 fully saturated rings. The largest absolute Gasteiger partial charge is 0.337 e. The van der Waals surface area contributed by atoms with Gasteiger partial charge in [-0.2, -0.15) is 0 Å². The van der Waals surface area contributed by atoms with E-state index in [1.54, 1.807) is 24.3 Å². The summed E-state index contributed by atoms with van der Waals surface area (Å²) in [5.41, 5.74) is 2.61. The van der Waals surface area contributed by atoms with Crippen LogP contribution < -0.4 is 5.32 Å². The van der Waals surface area contributed by atoms with E-state index < -0.39 is 0 Å². The van der Waals surface area contributed by atoms with Crippen LogP contribution in [0.25, 0.3) is 0 Å². The molecule has 2 amide bonds. The number of hydrogen-bond donors (Lipinski definition) is 1. The molecular weight excluding hydrogens is 441 g/mol. The summed E-state index contributed by atoms with van der Waals surface area (Å²) in [6, 6.07) is 9.60. The van der Waals surface area contributed by atoms with Gasteiger partial charge >= 0.3 is 0 Å². The average Bonchev–Trinajstić information content (AvgIpc) is 3.32. The summed E-state index contributed by atoms with van der Waals surface area (Å²) >= 11 is 5.90. The van der Waals surface area contributed by atoms with Crippen LogP contribution in [-0.2, 0) is 11.3 Å². The second-order valence-electron chi connectivity index (χ2n) is 9.30. The first kappa shape index (κ1) is 23.7. The van der Waals surface area contributed by atoms with Crippen molar-refractivity contribution in [2.24, 2.45) is 5.92 Å². The minimum Gasteiger partial charge on any atom is -0.337 e. The lowest BCUT2D eigenvalue weighted by Crippen LogP contribution is -2.54. The summed E-state index contributed by atoms with van der Waals surface area (Å²) in [4.78, 5) is 29.8. The predicted octanol–water partition coefficient (Wildman–Crippen LogP) is 5.26. The molecule has 1 aliphatic heterocycles. The van der Waals surface area contributed by atoms with E-state index >= 15 is 0 Å². The monoisotopic (exact) mass is 471 g/mol. The van der Waals surface area contributed by atoms with Crippen LogP contribution in [0.3, 0.4) is 0 Å². The quantitative estimate of drug-likeness (QED) is 0.646. The van der Waals surface area contributed by atoms with Gasteiger partial charge in [0.2, 0.25) is 5.91 Å². The maximum absolute atomic E-state index is 14.4. The molecule has 0 radical (unpaired) electrons. The maximum Gasteiger partial charge on any atom is 0.255 e. The number of amides is 2. The zero-order valence-electron chi connectivity index (χ0n) is 19.2. The molecule has 1 aliphatic carbocycles. The number of carbonyl (C=O) groups excluding carboxylic acids is 2. The van der Waals surface area contributed by atoms with Crippen molar-refractivity contribution in [3.05, 3.63) is 63.9 Å². The number of carbonyl (C=O) groups is 2. The summed E-state index contributed by atoms with van der Waals surface area (Å²) in [5, 5.41) is 3.38. The Morgan fingerprint density at radius 3 is 2.48 bits per heavy atom. The summed E-state index contributed by atoms with van der Waals surface area (Å²) in [5.74, 6) is -0.200. The smallest absolute Gasteiger partial charge is 0.255 e. The average molecular weight is 472 g/mol. The minimum atomic E-state index is -0.384. The van der Waals surface area contributed by atoms with Crippen LogP contribution in [0.5, 0.6) is 0 Å². The number of anilines is 1. The zero-order chi connectivity index (χ0) is 23.5. The number of piperazine rings is 1. The van der Waals surface area contributed by atoms with Gasteiger partial charge in [0.05, 0.1) is 0 Å². The standard InChI is InChI=1S/C26H31ClFN3O2/c1-17-15-30(11-12-31(17)26(33)20-5-3-4-6-20)16-21-13-23(28)14-24(18(21)2)29-25(32)19-7-9-22(27)10-8-19/h7-10,13-14,17,20H,3-6,11-12,15-16H2,1-2H3,(H,29,32)/t17-/m0/s1. The van der Waals surface area contributed by atoms with E-state index in [4.69, 9.17) is 11.6 Å². The third-order valence-corrected chi connectivity index (χ3v) is 7.18. The van der Waals surface area contributed by atoms with E-state index in [0.29, 0.717) is 35.3 Å². The van der Waals surface area contributed by atoms with Gasteiger partial charge in [-0.25, -0.2) is 4.39 Å². The lowest BCUT2D eigenvalue weighted by molar-refractivity contribution is -0.140. The highest BCUT2D eigenvalue weighted by molar-refractivity contribution is 6.30. The van der Waals surface area contributed by atoms with Gasteiger partial charge < -0.3 is 10.2 Å². The van der Waals surface area contributed by atoms with E-state index in [0.717, 1.165) is 49.9 Å². The first-order valence-electron chi connectivity index (χ1n) is 11.7. The van der Waals surface area contributed by atoms with Gasteiger partial charge in [0.1, 0.15) is 5.82 Å². The first-order valence-corrected chi connectivity index (χ1v) is 12.1. The van der Waals surface area contributed by atoms with Gasteiger partial charge in [0, 0.05) is 54.4 Å². The van der Waals surface area contributed by atoms with Crippen molar-refractivity contribution in [3.8, 4) is 0 Å². The fourth-order valence-corrected chi connectivity index (χ4v) is 5.10. The zero-order valence-corrected chi connectivity index (χ0v) is 20.0. The first-order chi connectivity index (χ1) is 15.8. The van der Waals surface area contributed by atoms with Crippen molar-refractivity contribution in [1.29, 1.82) is 0 Å². The highest BCUT2D eigenvalue weighted by Gasteiger charge is 2.33. The van der Waals surface area contributed by atoms with Crippen molar-refractivity contribution >= 4 is 29.1 Å². The number of benzene rings is 2. The lowest BCUT2D eigenvalue weighted by atomic mass is 10.0. The summed E-state index contributed by atoms with van der Waals surface area (Å²) in [6.45, 7) is 6.77. The van der Waals surface area contributed by atoms with Crippen LogP contribution in [0.2, 0.25) is 5.02 Å². The van der Waals surface area contributed by atoms with Crippen LogP contribution in [0.4, 0.5) is 10.1 Å². The molecular formula is C26H31ClFN3O2. The lowest BCUT2D eigenvalue weighted by Gasteiger charge is -2.41. The van der Waals surface area contributed by atoms with Gasteiger partial charge in [-0.3, -0.25) is 14.5 Å². The second-order valence-corrected chi connectivity index (χ2v) is 9.73. The number of nitrogens with zero attached hydrogens (tertiary/aromatic N) is 2. The Hall–Kier alpha value is -2.44. The Balaban J connectivity index is 1.42. The highest BCUT2D eigenvalue weighted by Crippen LogP contribution is 2.29. The fourth-order valence-electron chi connectivity index (χ4n) is 4.98. The third-order valence-electron chi connectivity index (χ3n) is 6.93. The summed E-state index contributed by atoms with van der Waals surface area (Å²) in [7, 11) is 0. The van der Waals surface area contributed by atoms with Crippen molar-refractivity contribution in [2.45, 2.75) is 52.1 Å². The second kappa shape index (κ2) is 10.2. The Bertz CT molecular complexity index is 1020. The maximum atomic E-state index is 14.4. The predicted molar refractivity (Wildman–Crippen MR) is 129 cm³/mol. The molecule has 2 aromatic rings. The van der Waals surface area contributed by atoms with Crippen molar-refractivity contribution in [3.63, 3.8) is 0 Å². The Kier molecular flexibility index (Phi) is 7.35. The number of hydrogen-bond acceptors (Lipinski definition) is 3. The van der Waals surface area contributed by atoms with Crippen LogP contribution in [0.15, 0.2) is 36.4 Å². The Morgan fingerprint density at radius 2 is 1.82 bits per heavy atom. The van der Waals surface area contributed by atoms with Crippen molar-refractivity contribution < 1.29 is 14.0 Å². The fraction of sp³-hybridized carbons (Fsp3) is 0.462. The molecule has 1 saturated carbocycles. The molecule has 0 unspecified atom stereocenters. The molecule has 0 aromatic heterocycles. The third kappa shape index (κ3) is 5.56. The molecule has 5 nitrogen and oxygen atoms in total. The molecule has 4 rings (SSSR count). The van der Waals surface area contributed by atoms with E-state index in [2.05, 4.69) is 17.1 Å². The van der Waals surface area contributed by atoms with Gasteiger partial charge in [-0.1, -0.05) is 24.4 Å². The van der Waals surface area contributed by atoms with Crippen LogP contribution in [0.1, 0.15) is 54.1 Å². The molecule has 1 atom stereocenters. The summed E-state index contributed by atoms with van der Waals surface area (Å²) < 4.78 is 14.4. The number of halogens is 2.